The first-order chi connectivity index (χ1) is 5.70. The molecule has 0 radical (unpaired) electrons. The quantitative estimate of drug-likeness (QED) is 0.679. The average molecular weight is 170 g/mol. The van der Waals surface area contributed by atoms with Crippen molar-refractivity contribution in [1.82, 2.24) is 4.90 Å². The fraction of sp³-hybridized carbons (Fsp3) is 0.889. The molecular formula is C9H18N2O. The lowest BCUT2D eigenvalue weighted by molar-refractivity contribution is -0.118. The number of rotatable bonds is 3. The molecule has 70 valence electrons. The number of hydrogen-bond acceptors (Lipinski definition) is 2. The van der Waals surface area contributed by atoms with Crippen LogP contribution in [0.4, 0.5) is 0 Å². The maximum absolute atomic E-state index is 10.5. The Labute approximate surface area is 73.9 Å². The van der Waals surface area contributed by atoms with E-state index in [1.54, 1.807) is 0 Å². The van der Waals surface area contributed by atoms with Crippen LogP contribution in [-0.4, -0.2) is 29.9 Å². The van der Waals surface area contributed by atoms with E-state index in [2.05, 4.69) is 11.8 Å². The SMILES string of the molecule is CC1CCCCN1CCC(N)=O. The molecule has 1 unspecified atom stereocenters. The Morgan fingerprint density at radius 1 is 1.58 bits per heavy atom. The van der Waals surface area contributed by atoms with Crippen molar-refractivity contribution in [1.29, 1.82) is 0 Å². The lowest BCUT2D eigenvalue weighted by Gasteiger charge is -2.32. The van der Waals surface area contributed by atoms with Gasteiger partial charge in [0.25, 0.3) is 0 Å². The van der Waals surface area contributed by atoms with Crippen LogP contribution in [0.5, 0.6) is 0 Å². The summed E-state index contributed by atoms with van der Waals surface area (Å²) in [4.78, 5) is 12.9. The number of primary amides is 1. The number of carbonyl (C=O) groups excluding carboxylic acids is 1. The van der Waals surface area contributed by atoms with Crippen LogP contribution in [0.15, 0.2) is 0 Å². The normalized spacial score (nSPS) is 25.6. The third-order valence-electron chi connectivity index (χ3n) is 2.59. The standard InChI is InChI=1S/C9H18N2O/c1-8-4-2-3-6-11(8)7-5-9(10)12/h8H,2-7H2,1H3,(H2,10,12). The van der Waals surface area contributed by atoms with Crippen molar-refractivity contribution >= 4 is 5.91 Å². The van der Waals surface area contributed by atoms with Crippen LogP contribution < -0.4 is 5.73 Å². The predicted molar refractivity (Wildman–Crippen MR) is 48.7 cm³/mol. The molecule has 12 heavy (non-hydrogen) atoms. The molecular weight excluding hydrogens is 152 g/mol. The number of piperidine rings is 1. The highest BCUT2D eigenvalue weighted by Crippen LogP contribution is 2.15. The van der Waals surface area contributed by atoms with Gasteiger partial charge in [0.1, 0.15) is 0 Å². The molecule has 1 amide bonds. The molecule has 1 atom stereocenters. The Morgan fingerprint density at radius 2 is 2.33 bits per heavy atom. The number of likely N-dealkylation sites (tertiary alicyclic amines) is 1. The van der Waals surface area contributed by atoms with E-state index in [4.69, 9.17) is 5.73 Å². The molecule has 1 saturated heterocycles. The number of nitrogens with two attached hydrogens (primary N) is 1. The number of nitrogens with zero attached hydrogens (tertiary/aromatic N) is 1. The van der Waals surface area contributed by atoms with Crippen molar-refractivity contribution in [3.63, 3.8) is 0 Å². The van der Waals surface area contributed by atoms with E-state index in [1.807, 2.05) is 0 Å². The van der Waals surface area contributed by atoms with Crippen LogP contribution in [0.1, 0.15) is 32.6 Å². The van der Waals surface area contributed by atoms with Crippen LogP contribution in [0, 0.1) is 0 Å². The highest BCUT2D eigenvalue weighted by atomic mass is 16.1. The fourth-order valence-corrected chi connectivity index (χ4v) is 1.74. The van der Waals surface area contributed by atoms with Gasteiger partial charge in [0.15, 0.2) is 0 Å². The summed E-state index contributed by atoms with van der Waals surface area (Å²) in [6.07, 6.45) is 4.36. The zero-order valence-corrected chi connectivity index (χ0v) is 7.75. The van der Waals surface area contributed by atoms with Gasteiger partial charge in [-0.15, -0.1) is 0 Å². The van der Waals surface area contributed by atoms with Gasteiger partial charge in [-0.3, -0.25) is 4.79 Å². The largest absolute Gasteiger partial charge is 0.370 e. The maximum Gasteiger partial charge on any atom is 0.218 e. The molecule has 0 aromatic heterocycles. The molecule has 3 heteroatoms. The smallest absolute Gasteiger partial charge is 0.218 e. The minimum atomic E-state index is -0.187. The van der Waals surface area contributed by atoms with Gasteiger partial charge >= 0.3 is 0 Å². The van der Waals surface area contributed by atoms with E-state index in [0.717, 1.165) is 13.1 Å². The van der Waals surface area contributed by atoms with Crippen LogP contribution in [0.25, 0.3) is 0 Å². The van der Waals surface area contributed by atoms with Gasteiger partial charge in [0, 0.05) is 19.0 Å². The highest BCUT2D eigenvalue weighted by Gasteiger charge is 2.17. The first-order valence-corrected chi connectivity index (χ1v) is 4.72. The molecule has 1 aliphatic heterocycles. The molecule has 0 aliphatic carbocycles. The van der Waals surface area contributed by atoms with Crippen LogP contribution in [0.2, 0.25) is 0 Å². The molecule has 0 spiro atoms. The zero-order chi connectivity index (χ0) is 8.97. The monoisotopic (exact) mass is 170 g/mol. The molecule has 2 N–H and O–H groups in total. The Hall–Kier alpha value is -0.570. The van der Waals surface area contributed by atoms with Gasteiger partial charge in [0.05, 0.1) is 0 Å². The third kappa shape index (κ3) is 2.81. The third-order valence-corrected chi connectivity index (χ3v) is 2.59. The number of amides is 1. The second kappa shape index (κ2) is 4.45. The highest BCUT2D eigenvalue weighted by molar-refractivity contribution is 5.73. The lowest BCUT2D eigenvalue weighted by Crippen LogP contribution is -2.39. The van der Waals surface area contributed by atoms with E-state index in [0.29, 0.717) is 12.5 Å². The topological polar surface area (TPSA) is 46.3 Å². The molecule has 3 nitrogen and oxygen atoms in total. The summed E-state index contributed by atoms with van der Waals surface area (Å²) < 4.78 is 0. The van der Waals surface area contributed by atoms with Gasteiger partial charge in [0.2, 0.25) is 5.91 Å². The summed E-state index contributed by atoms with van der Waals surface area (Å²) in [5, 5.41) is 0. The summed E-state index contributed by atoms with van der Waals surface area (Å²) in [5.74, 6) is -0.187. The van der Waals surface area contributed by atoms with Crippen LogP contribution >= 0.6 is 0 Å². The first-order valence-electron chi connectivity index (χ1n) is 4.72. The zero-order valence-electron chi connectivity index (χ0n) is 7.75. The van der Waals surface area contributed by atoms with Crippen molar-refractivity contribution in [2.24, 2.45) is 5.73 Å². The Bertz CT molecular complexity index is 159. The molecule has 1 aliphatic rings. The average Bonchev–Trinajstić information content (AvgIpc) is 2.03. The van der Waals surface area contributed by atoms with E-state index in [9.17, 15) is 4.79 Å². The predicted octanol–water partition coefficient (Wildman–Crippen LogP) is 0.736. The van der Waals surface area contributed by atoms with Gasteiger partial charge in [-0.05, 0) is 26.3 Å². The van der Waals surface area contributed by atoms with Crippen molar-refractivity contribution in [3.05, 3.63) is 0 Å². The van der Waals surface area contributed by atoms with E-state index in [-0.39, 0.29) is 5.91 Å². The van der Waals surface area contributed by atoms with Crippen molar-refractivity contribution < 1.29 is 4.79 Å². The minimum absolute atomic E-state index is 0.187. The van der Waals surface area contributed by atoms with Gasteiger partial charge < -0.3 is 10.6 Å². The summed E-state index contributed by atoms with van der Waals surface area (Å²) >= 11 is 0. The first kappa shape index (κ1) is 9.52. The maximum atomic E-state index is 10.5. The van der Waals surface area contributed by atoms with E-state index < -0.39 is 0 Å². The Kier molecular flexibility index (Phi) is 3.53. The van der Waals surface area contributed by atoms with Crippen molar-refractivity contribution in [2.75, 3.05) is 13.1 Å². The molecule has 0 aromatic rings. The molecule has 1 heterocycles. The molecule has 0 saturated carbocycles. The second-order valence-corrected chi connectivity index (χ2v) is 3.60. The molecule has 1 fully saturated rings. The summed E-state index contributed by atoms with van der Waals surface area (Å²) in [6, 6.07) is 0.637. The van der Waals surface area contributed by atoms with Crippen molar-refractivity contribution in [3.8, 4) is 0 Å². The minimum Gasteiger partial charge on any atom is -0.370 e. The van der Waals surface area contributed by atoms with Gasteiger partial charge in [-0.2, -0.15) is 0 Å². The lowest BCUT2D eigenvalue weighted by atomic mass is 10.0. The molecule has 0 bridgehead atoms. The molecule has 1 rings (SSSR count). The Morgan fingerprint density at radius 3 is 2.92 bits per heavy atom. The summed E-state index contributed by atoms with van der Waals surface area (Å²) in [6.45, 7) is 4.20. The molecule has 0 aromatic carbocycles. The van der Waals surface area contributed by atoms with Crippen LogP contribution in [0.3, 0.4) is 0 Å². The van der Waals surface area contributed by atoms with Gasteiger partial charge in [-0.1, -0.05) is 6.42 Å². The van der Waals surface area contributed by atoms with Gasteiger partial charge in [-0.25, -0.2) is 0 Å². The summed E-state index contributed by atoms with van der Waals surface area (Å²) in [7, 11) is 0. The Balaban J connectivity index is 2.24. The second-order valence-electron chi connectivity index (χ2n) is 3.60. The number of carbonyl (C=O) groups is 1. The van der Waals surface area contributed by atoms with E-state index in [1.165, 1.54) is 19.3 Å². The van der Waals surface area contributed by atoms with Crippen molar-refractivity contribution in [2.45, 2.75) is 38.6 Å². The number of hydrogen-bond donors (Lipinski definition) is 1. The summed E-state index contributed by atoms with van der Waals surface area (Å²) in [5.41, 5.74) is 5.09. The fourth-order valence-electron chi connectivity index (χ4n) is 1.74. The van der Waals surface area contributed by atoms with E-state index >= 15 is 0 Å². The van der Waals surface area contributed by atoms with Crippen LogP contribution in [-0.2, 0) is 4.79 Å².